The largest absolute Gasteiger partial charge is 0.497 e. The van der Waals surface area contributed by atoms with Crippen molar-refractivity contribution < 1.29 is 9.53 Å². The van der Waals surface area contributed by atoms with Gasteiger partial charge in [0, 0.05) is 17.0 Å². The Bertz CT molecular complexity index is 588. The van der Waals surface area contributed by atoms with Gasteiger partial charge in [-0.15, -0.1) is 0 Å². The second-order valence-corrected chi connectivity index (χ2v) is 4.83. The molecule has 0 atom stereocenters. The van der Waals surface area contributed by atoms with E-state index in [4.69, 9.17) is 16.3 Å². The number of benzene rings is 2. The molecule has 2 rings (SSSR count). The van der Waals surface area contributed by atoms with Crippen LogP contribution in [0.4, 0.5) is 0 Å². The molecule has 0 aliphatic heterocycles. The SMILES string of the molecule is COc1ccc(C(=O)Cc2ccc(C)cc2Cl)cc1. The highest BCUT2D eigenvalue weighted by molar-refractivity contribution is 6.31. The number of Topliss-reactive ketones (excluding diaryl/α,β-unsaturated/α-hetero) is 1. The molecule has 0 aromatic heterocycles. The lowest BCUT2D eigenvalue weighted by Crippen LogP contribution is -2.04. The summed E-state index contributed by atoms with van der Waals surface area (Å²) in [5.41, 5.74) is 2.61. The Kier molecular flexibility index (Phi) is 4.23. The van der Waals surface area contributed by atoms with Gasteiger partial charge in [0.05, 0.1) is 7.11 Å². The second-order valence-electron chi connectivity index (χ2n) is 4.42. The molecule has 0 aliphatic rings. The monoisotopic (exact) mass is 274 g/mol. The maximum Gasteiger partial charge on any atom is 0.167 e. The van der Waals surface area contributed by atoms with E-state index in [2.05, 4.69) is 0 Å². The van der Waals surface area contributed by atoms with Crippen molar-refractivity contribution in [3.05, 3.63) is 64.2 Å². The Morgan fingerprint density at radius 3 is 2.42 bits per heavy atom. The van der Waals surface area contributed by atoms with Crippen LogP contribution in [-0.2, 0) is 6.42 Å². The van der Waals surface area contributed by atoms with Gasteiger partial charge < -0.3 is 4.74 Å². The first-order chi connectivity index (χ1) is 9.10. The quantitative estimate of drug-likeness (QED) is 0.785. The summed E-state index contributed by atoms with van der Waals surface area (Å²) in [6.07, 6.45) is 0.311. The Morgan fingerprint density at radius 1 is 1.16 bits per heavy atom. The third-order valence-corrected chi connectivity index (χ3v) is 3.32. The molecule has 98 valence electrons. The minimum absolute atomic E-state index is 0.0495. The van der Waals surface area contributed by atoms with Crippen LogP contribution >= 0.6 is 11.6 Å². The number of hydrogen-bond donors (Lipinski definition) is 0. The van der Waals surface area contributed by atoms with Gasteiger partial charge in [0.25, 0.3) is 0 Å². The van der Waals surface area contributed by atoms with Crippen LogP contribution in [0.15, 0.2) is 42.5 Å². The molecule has 0 unspecified atom stereocenters. The lowest BCUT2D eigenvalue weighted by atomic mass is 10.0. The average molecular weight is 275 g/mol. The van der Waals surface area contributed by atoms with Crippen LogP contribution in [0.1, 0.15) is 21.5 Å². The fraction of sp³-hybridized carbons (Fsp3) is 0.188. The van der Waals surface area contributed by atoms with Gasteiger partial charge in [-0.3, -0.25) is 4.79 Å². The summed E-state index contributed by atoms with van der Waals surface area (Å²) in [6.45, 7) is 1.97. The van der Waals surface area contributed by atoms with E-state index in [9.17, 15) is 4.79 Å². The van der Waals surface area contributed by atoms with Crippen LogP contribution in [0, 0.1) is 6.92 Å². The van der Waals surface area contributed by atoms with Crippen LogP contribution in [0.3, 0.4) is 0 Å². The fourth-order valence-corrected chi connectivity index (χ4v) is 2.15. The van der Waals surface area contributed by atoms with Crippen LogP contribution in [0.5, 0.6) is 5.75 Å². The maximum absolute atomic E-state index is 12.2. The van der Waals surface area contributed by atoms with Crippen LogP contribution in [0.25, 0.3) is 0 Å². The van der Waals surface area contributed by atoms with Gasteiger partial charge in [0.15, 0.2) is 5.78 Å². The van der Waals surface area contributed by atoms with E-state index in [-0.39, 0.29) is 5.78 Å². The van der Waals surface area contributed by atoms with E-state index in [1.54, 1.807) is 31.4 Å². The maximum atomic E-state index is 12.2. The summed E-state index contributed by atoms with van der Waals surface area (Å²) in [6, 6.07) is 12.8. The highest BCUT2D eigenvalue weighted by Gasteiger charge is 2.09. The van der Waals surface area contributed by atoms with E-state index < -0.39 is 0 Å². The smallest absolute Gasteiger partial charge is 0.167 e. The van der Waals surface area contributed by atoms with Crippen molar-refractivity contribution in [2.75, 3.05) is 7.11 Å². The minimum Gasteiger partial charge on any atom is -0.497 e. The zero-order valence-corrected chi connectivity index (χ0v) is 11.7. The molecule has 0 radical (unpaired) electrons. The summed E-state index contributed by atoms with van der Waals surface area (Å²) >= 11 is 6.14. The number of methoxy groups -OCH3 is 1. The van der Waals surface area contributed by atoms with E-state index in [1.165, 1.54) is 0 Å². The van der Waals surface area contributed by atoms with Crippen molar-refractivity contribution in [1.29, 1.82) is 0 Å². The van der Waals surface area contributed by atoms with Gasteiger partial charge in [0.2, 0.25) is 0 Å². The van der Waals surface area contributed by atoms with Crippen LogP contribution in [-0.4, -0.2) is 12.9 Å². The summed E-state index contributed by atoms with van der Waals surface area (Å²) in [7, 11) is 1.60. The van der Waals surface area contributed by atoms with Gasteiger partial charge in [-0.05, 0) is 48.4 Å². The number of rotatable bonds is 4. The first-order valence-electron chi connectivity index (χ1n) is 6.02. The molecule has 0 N–H and O–H groups in total. The molecule has 3 heteroatoms. The third-order valence-electron chi connectivity index (χ3n) is 2.97. The molecule has 0 heterocycles. The Balaban J connectivity index is 2.15. The molecular formula is C16H15ClO2. The Morgan fingerprint density at radius 2 is 1.84 bits per heavy atom. The van der Waals surface area contributed by atoms with E-state index >= 15 is 0 Å². The van der Waals surface area contributed by atoms with Crippen molar-refractivity contribution in [3.8, 4) is 5.75 Å². The third kappa shape index (κ3) is 3.36. The first kappa shape index (κ1) is 13.6. The fourth-order valence-electron chi connectivity index (χ4n) is 1.85. The number of ether oxygens (including phenoxy) is 1. The summed E-state index contributed by atoms with van der Waals surface area (Å²) in [4.78, 5) is 12.2. The van der Waals surface area contributed by atoms with E-state index in [1.807, 2.05) is 25.1 Å². The highest BCUT2D eigenvalue weighted by atomic mass is 35.5. The lowest BCUT2D eigenvalue weighted by Gasteiger charge is -2.06. The zero-order chi connectivity index (χ0) is 13.8. The molecule has 2 nitrogen and oxygen atoms in total. The van der Waals surface area contributed by atoms with Crippen molar-refractivity contribution in [3.63, 3.8) is 0 Å². The van der Waals surface area contributed by atoms with Crippen LogP contribution in [0.2, 0.25) is 5.02 Å². The lowest BCUT2D eigenvalue weighted by molar-refractivity contribution is 0.0993. The van der Waals surface area contributed by atoms with Gasteiger partial charge >= 0.3 is 0 Å². The predicted octanol–water partition coefficient (Wildman–Crippen LogP) is 4.08. The molecule has 0 amide bonds. The summed E-state index contributed by atoms with van der Waals surface area (Å²) in [5.74, 6) is 0.790. The number of hydrogen-bond acceptors (Lipinski definition) is 2. The molecule has 19 heavy (non-hydrogen) atoms. The van der Waals surface area contributed by atoms with Crippen molar-refractivity contribution in [2.45, 2.75) is 13.3 Å². The van der Waals surface area contributed by atoms with Crippen molar-refractivity contribution in [1.82, 2.24) is 0 Å². The van der Waals surface area contributed by atoms with E-state index in [0.717, 1.165) is 16.9 Å². The summed E-state index contributed by atoms with van der Waals surface area (Å²) in [5, 5.41) is 0.641. The van der Waals surface area contributed by atoms with Crippen molar-refractivity contribution in [2.24, 2.45) is 0 Å². The summed E-state index contributed by atoms with van der Waals surface area (Å²) < 4.78 is 5.07. The Hall–Kier alpha value is -1.80. The number of halogens is 1. The highest BCUT2D eigenvalue weighted by Crippen LogP contribution is 2.20. The Labute approximate surface area is 118 Å². The number of aryl methyl sites for hydroxylation is 1. The molecule has 2 aromatic rings. The number of carbonyl (C=O) groups is 1. The topological polar surface area (TPSA) is 26.3 Å². The van der Waals surface area contributed by atoms with E-state index in [0.29, 0.717) is 17.0 Å². The second kappa shape index (κ2) is 5.89. The standard InChI is InChI=1S/C16H15ClO2/c1-11-3-4-13(15(17)9-11)10-16(18)12-5-7-14(19-2)8-6-12/h3-9H,10H2,1-2H3. The molecule has 0 saturated carbocycles. The van der Waals surface area contributed by atoms with Gasteiger partial charge in [-0.2, -0.15) is 0 Å². The van der Waals surface area contributed by atoms with Crippen molar-refractivity contribution >= 4 is 17.4 Å². The predicted molar refractivity (Wildman–Crippen MR) is 77.2 cm³/mol. The molecular weight excluding hydrogens is 260 g/mol. The van der Waals surface area contributed by atoms with Crippen LogP contribution < -0.4 is 4.74 Å². The molecule has 2 aromatic carbocycles. The molecule has 0 fully saturated rings. The molecule has 0 bridgehead atoms. The average Bonchev–Trinajstić information content (AvgIpc) is 2.42. The number of carbonyl (C=O) groups excluding carboxylic acids is 1. The normalized spacial score (nSPS) is 10.3. The zero-order valence-electron chi connectivity index (χ0n) is 10.9. The minimum atomic E-state index is 0.0495. The van der Waals surface area contributed by atoms with Gasteiger partial charge in [-0.25, -0.2) is 0 Å². The molecule has 0 spiro atoms. The first-order valence-corrected chi connectivity index (χ1v) is 6.40. The van der Waals surface area contributed by atoms with Gasteiger partial charge in [0.1, 0.15) is 5.75 Å². The number of ketones is 1. The van der Waals surface area contributed by atoms with Gasteiger partial charge in [-0.1, -0.05) is 23.7 Å². The molecule has 0 aliphatic carbocycles. The molecule has 0 saturated heterocycles.